The number of likely N-dealkylation sites (N-methyl/N-ethyl adjacent to an activating group) is 1. The molecule has 1 aromatic heterocycles. The number of hydrogen-bond acceptors (Lipinski definition) is 6. The lowest BCUT2D eigenvalue weighted by Crippen LogP contribution is -2.36. The largest absolute Gasteiger partial charge is 0.396 e. The van der Waals surface area contributed by atoms with Gasteiger partial charge < -0.3 is 26.2 Å². The molecule has 0 bridgehead atoms. The zero-order chi connectivity index (χ0) is 17.7. The number of carbonyl (C=O) groups is 2. The second-order valence-electron chi connectivity index (χ2n) is 6.12. The molecule has 24 heavy (non-hydrogen) atoms. The van der Waals surface area contributed by atoms with Crippen molar-refractivity contribution in [3.05, 3.63) is 12.1 Å². The van der Waals surface area contributed by atoms with Crippen molar-refractivity contribution >= 4 is 29.1 Å². The number of nitrogens with two attached hydrogens (primary N) is 1. The van der Waals surface area contributed by atoms with Crippen molar-refractivity contribution in [1.82, 2.24) is 15.6 Å². The van der Waals surface area contributed by atoms with Crippen molar-refractivity contribution in [3.8, 4) is 0 Å². The van der Waals surface area contributed by atoms with Gasteiger partial charge in [0.05, 0.1) is 5.69 Å². The SMILES string of the molecule is CC(=O)NCCN(C)c1nc(N2CCC(NC(C)=O)C2)ccc1N. The molecular weight excluding hydrogens is 308 g/mol. The topological polar surface area (TPSA) is 104 Å². The number of nitrogen functional groups attached to an aromatic ring is 1. The molecule has 1 fully saturated rings. The van der Waals surface area contributed by atoms with Crippen LogP contribution in [0.2, 0.25) is 0 Å². The van der Waals surface area contributed by atoms with Gasteiger partial charge in [-0.3, -0.25) is 9.59 Å². The number of pyridine rings is 1. The van der Waals surface area contributed by atoms with Gasteiger partial charge >= 0.3 is 0 Å². The summed E-state index contributed by atoms with van der Waals surface area (Å²) < 4.78 is 0. The Hall–Kier alpha value is -2.51. The maximum Gasteiger partial charge on any atom is 0.217 e. The summed E-state index contributed by atoms with van der Waals surface area (Å²) in [7, 11) is 1.90. The lowest BCUT2D eigenvalue weighted by Gasteiger charge is -2.23. The first-order valence-corrected chi connectivity index (χ1v) is 8.11. The van der Waals surface area contributed by atoms with Crippen molar-refractivity contribution in [2.75, 3.05) is 48.8 Å². The average molecular weight is 334 g/mol. The highest BCUT2D eigenvalue weighted by atomic mass is 16.2. The molecule has 8 heteroatoms. The summed E-state index contributed by atoms with van der Waals surface area (Å²) in [4.78, 5) is 30.9. The predicted octanol–water partition coefficient (Wildman–Crippen LogP) is -0.0491. The fourth-order valence-corrected chi connectivity index (χ4v) is 2.81. The van der Waals surface area contributed by atoms with Gasteiger partial charge in [0, 0.05) is 53.1 Å². The molecule has 0 spiro atoms. The molecule has 0 aliphatic carbocycles. The van der Waals surface area contributed by atoms with Crippen molar-refractivity contribution in [2.24, 2.45) is 0 Å². The van der Waals surface area contributed by atoms with Gasteiger partial charge in [-0.1, -0.05) is 0 Å². The summed E-state index contributed by atoms with van der Waals surface area (Å²) in [5, 5.41) is 5.70. The van der Waals surface area contributed by atoms with Gasteiger partial charge in [-0.2, -0.15) is 0 Å². The van der Waals surface area contributed by atoms with E-state index in [1.807, 2.05) is 24.1 Å². The number of rotatable bonds is 6. The van der Waals surface area contributed by atoms with E-state index < -0.39 is 0 Å². The zero-order valence-electron chi connectivity index (χ0n) is 14.5. The van der Waals surface area contributed by atoms with Crippen LogP contribution in [0.1, 0.15) is 20.3 Å². The van der Waals surface area contributed by atoms with Crippen molar-refractivity contribution in [2.45, 2.75) is 26.3 Å². The first-order valence-electron chi connectivity index (χ1n) is 8.11. The standard InChI is InChI=1S/C16H26N6O2/c1-11(23)18-7-9-21(3)16-14(17)4-5-15(20-16)22-8-6-13(10-22)19-12(2)24/h4-5,13H,6-10,17H2,1-3H3,(H,18,23)(H,19,24). The Balaban J connectivity index is 2.03. The Bertz CT molecular complexity index is 606. The molecule has 8 nitrogen and oxygen atoms in total. The fourth-order valence-electron chi connectivity index (χ4n) is 2.81. The molecule has 0 radical (unpaired) electrons. The van der Waals surface area contributed by atoms with Gasteiger partial charge in [-0.05, 0) is 18.6 Å². The first-order chi connectivity index (χ1) is 11.4. The van der Waals surface area contributed by atoms with E-state index >= 15 is 0 Å². The van der Waals surface area contributed by atoms with Crippen LogP contribution in [0, 0.1) is 0 Å². The third kappa shape index (κ3) is 4.74. The van der Waals surface area contributed by atoms with E-state index in [1.165, 1.54) is 13.8 Å². The summed E-state index contributed by atoms with van der Waals surface area (Å²) in [5.74, 6) is 1.48. The van der Waals surface area contributed by atoms with Gasteiger partial charge in [0.2, 0.25) is 11.8 Å². The molecule has 2 heterocycles. The van der Waals surface area contributed by atoms with Crippen LogP contribution in [0.25, 0.3) is 0 Å². The molecule has 1 aromatic rings. The van der Waals surface area contributed by atoms with E-state index in [0.29, 0.717) is 24.6 Å². The monoisotopic (exact) mass is 334 g/mol. The van der Waals surface area contributed by atoms with Gasteiger partial charge in [-0.15, -0.1) is 0 Å². The van der Waals surface area contributed by atoms with E-state index in [4.69, 9.17) is 5.73 Å². The summed E-state index contributed by atoms with van der Waals surface area (Å²) in [6.45, 7) is 5.76. The number of aromatic nitrogens is 1. The molecule has 2 rings (SSSR count). The smallest absolute Gasteiger partial charge is 0.217 e. The Kier molecular flexibility index (Phi) is 5.83. The summed E-state index contributed by atoms with van der Waals surface area (Å²) in [5.41, 5.74) is 6.65. The highest BCUT2D eigenvalue weighted by Gasteiger charge is 2.24. The number of nitrogens with one attached hydrogen (secondary N) is 2. The van der Waals surface area contributed by atoms with Crippen LogP contribution >= 0.6 is 0 Å². The summed E-state index contributed by atoms with van der Waals surface area (Å²) >= 11 is 0. The van der Waals surface area contributed by atoms with Gasteiger partial charge in [0.1, 0.15) is 5.82 Å². The Morgan fingerprint density at radius 2 is 2.12 bits per heavy atom. The normalized spacial score (nSPS) is 16.8. The second-order valence-corrected chi connectivity index (χ2v) is 6.12. The zero-order valence-corrected chi connectivity index (χ0v) is 14.5. The molecule has 1 atom stereocenters. The second kappa shape index (κ2) is 7.85. The van der Waals surface area contributed by atoms with E-state index in [1.54, 1.807) is 0 Å². The van der Waals surface area contributed by atoms with Crippen LogP contribution in [0.4, 0.5) is 17.3 Å². The van der Waals surface area contributed by atoms with E-state index in [2.05, 4.69) is 20.5 Å². The molecule has 0 aromatic carbocycles. The number of carbonyl (C=O) groups excluding carboxylic acids is 2. The van der Waals surface area contributed by atoms with Crippen LogP contribution in [0.3, 0.4) is 0 Å². The van der Waals surface area contributed by atoms with Crippen LogP contribution in [-0.4, -0.2) is 56.1 Å². The Morgan fingerprint density at radius 1 is 1.38 bits per heavy atom. The Labute approximate surface area is 142 Å². The minimum absolute atomic E-state index is 0.00879. The van der Waals surface area contributed by atoms with Crippen molar-refractivity contribution < 1.29 is 9.59 Å². The lowest BCUT2D eigenvalue weighted by atomic mass is 10.2. The fraction of sp³-hybridized carbons (Fsp3) is 0.562. The minimum atomic E-state index is -0.0563. The van der Waals surface area contributed by atoms with Gasteiger partial charge in [-0.25, -0.2) is 4.98 Å². The number of anilines is 3. The van der Waals surface area contributed by atoms with Crippen LogP contribution in [-0.2, 0) is 9.59 Å². The maximum absolute atomic E-state index is 11.2. The lowest BCUT2D eigenvalue weighted by molar-refractivity contribution is -0.120. The molecule has 1 aliphatic heterocycles. The highest BCUT2D eigenvalue weighted by Crippen LogP contribution is 2.25. The average Bonchev–Trinajstić information content (AvgIpc) is 2.94. The van der Waals surface area contributed by atoms with Crippen LogP contribution in [0.5, 0.6) is 0 Å². The molecule has 1 saturated heterocycles. The van der Waals surface area contributed by atoms with Crippen LogP contribution in [0.15, 0.2) is 12.1 Å². The third-order valence-electron chi connectivity index (χ3n) is 3.99. The molecule has 132 valence electrons. The molecule has 1 unspecified atom stereocenters. The van der Waals surface area contributed by atoms with Crippen molar-refractivity contribution in [1.29, 1.82) is 0 Å². The molecule has 2 amide bonds. The van der Waals surface area contributed by atoms with E-state index in [9.17, 15) is 9.59 Å². The highest BCUT2D eigenvalue weighted by molar-refractivity contribution is 5.73. The third-order valence-corrected chi connectivity index (χ3v) is 3.99. The summed E-state index contributed by atoms with van der Waals surface area (Å²) in [6, 6.07) is 3.90. The first kappa shape index (κ1) is 17.8. The quantitative estimate of drug-likeness (QED) is 0.674. The van der Waals surface area contributed by atoms with Gasteiger partial charge in [0.25, 0.3) is 0 Å². The number of amides is 2. The predicted molar refractivity (Wildman–Crippen MR) is 95.0 cm³/mol. The molecule has 4 N–H and O–H groups in total. The Morgan fingerprint density at radius 3 is 2.79 bits per heavy atom. The van der Waals surface area contributed by atoms with Gasteiger partial charge in [0.15, 0.2) is 5.82 Å². The van der Waals surface area contributed by atoms with Crippen LogP contribution < -0.4 is 26.2 Å². The molecule has 0 saturated carbocycles. The number of nitrogens with zero attached hydrogens (tertiary/aromatic N) is 3. The maximum atomic E-state index is 11.2. The number of hydrogen-bond donors (Lipinski definition) is 3. The molecule has 1 aliphatic rings. The summed E-state index contributed by atoms with van der Waals surface area (Å²) in [6.07, 6.45) is 0.902. The van der Waals surface area contributed by atoms with E-state index in [-0.39, 0.29) is 17.9 Å². The van der Waals surface area contributed by atoms with Crippen molar-refractivity contribution in [3.63, 3.8) is 0 Å². The van der Waals surface area contributed by atoms with E-state index in [0.717, 1.165) is 25.3 Å². The molecular formula is C16H26N6O2. The minimum Gasteiger partial charge on any atom is -0.396 e.